The number of fused-ring (bicyclic) bond motifs is 1. The highest BCUT2D eigenvalue weighted by Crippen LogP contribution is 2.42. The molecule has 2 N–H and O–H groups in total. The molecule has 0 fully saturated rings. The van der Waals surface area contributed by atoms with E-state index in [1.54, 1.807) is 33.0 Å². The maximum Gasteiger partial charge on any atom is 0.337 e. The van der Waals surface area contributed by atoms with Crippen LogP contribution in [0.3, 0.4) is 0 Å². The van der Waals surface area contributed by atoms with Gasteiger partial charge in [-0.15, -0.1) is 0 Å². The Kier molecular flexibility index (Phi) is 6.50. The number of benzene rings is 2. The van der Waals surface area contributed by atoms with E-state index in [4.69, 9.17) is 9.47 Å². The molecule has 35 heavy (non-hydrogen) atoms. The van der Waals surface area contributed by atoms with Crippen molar-refractivity contribution in [2.75, 3.05) is 11.9 Å². The van der Waals surface area contributed by atoms with E-state index in [2.05, 4.69) is 5.32 Å². The number of allylic oxidation sites excluding steroid dienone is 1. The maximum absolute atomic E-state index is 13.4. The molecule has 3 aromatic rings. The van der Waals surface area contributed by atoms with E-state index in [0.29, 0.717) is 23.7 Å². The van der Waals surface area contributed by atoms with E-state index in [1.165, 1.54) is 17.7 Å². The number of hydrogen-bond donors (Lipinski definition) is 2. The topological polar surface area (TPSA) is 112 Å². The fraction of sp³-hybridized carbons (Fsp3) is 0.269. The molecule has 0 amide bonds. The molecular formula is C26H27N3O6. The van der Waals surface area contributed by atoms with Crippen LogP contribution >= 0.6 is 0 Å². The van der Waals surface area contributed by atoms with Crippen LogP contribution in [0.4, 0.5) is 5.82 Å². The first-order valence-corrected chi connectivity index (χ1v) is 11.2. The third-order valence-corrected chi connectivity index (χ3v) is 6.04. The Morgan fingerprint density at radius 2 is 1.80 bits per heavy atom. The number of rotatable bonds is 6. The summed E-state index contributed by atoms with van der Waals surface area (Å²) in [6.07, 6.45) is 0. The van der Waals surface area contributed by atoms with Crippen LogP contribution < -0.4 is 21.3 Å². The zero-order chi connectivity index (χ0) is 25.3. The van der Waals surface area contributed by atoms with Crippen molar-refractivity contribution in [3.05, 3.63) is 97.3 Å². The lowest BCUT2D eigenvalue weighted by Crippen LogP contribution is -2.43. The molecule has 0 saturated carbocycles. The molecule has 182 valence electrons. The number of phenolic OH excluding ortho intramolecular Hbond substituents is 1. The van der Waals surface area contributed by atoms with Crippen molar-refractivity contribution in [3.63, 3.8) is 0 Å². The molecule has 9 nitrogen and oxygen atoms in total. The van der Waals surface area contributed by atoms with E-state index in [-0.39, 0.29) is 29.2 Å². The van der Waals surface area contributed by atoms with Crippen LogP contribution in [-0.4, -0.2) is 26.8 Å². The van der Waals surface area contributed by atoms with Crippen LogP contribution in [0.25, 0.3) is 0 Å². The van der Waals surface area contributed by atoms with Crippen LogP contribution in [0.2, 0.25) is 0 Å². The zero-order valence-electron chi connectivity index (χ0n) is 20.0. The Bertz CT molecular complexity index is 1440. The van der Waals surface area contributed by atoms with Crippen molar-refractivity contribution >= 4 is 11.8 Å². The van der Waals surface area contributed by atoms with Gasteiger partial charge in [-0.25, -0.2) is 9.59 Å². The van der Waals surface area contributed by atoms with Gasteiger partial charge in [-0.05, 0) is 37.1 Å². The molecule has 0 bridgehead atoms. The third-order valence-electron chi connectivity index (χ3n) is 6.04. The summed E-state index contributed by atoms with van der Waals surface area (Å²) in [5.41, 5.74) is 1.24. The molecule has 2 aromatic carbocycles. The van der Waals surface area contributed by atoms with Crippen LogP contribution in [0, 0.1) is 0 Å². The largest absolute Gasteiger partial charge is 0.504 e. The normalized spacial score (nSPS) is 14.8. The molecule has 0 radical (unpaired) electrons. The number of nitrogens with one attached hydrogen (secondary N) is 1. The predicted molar refractivity (Wildman–Crippen MR) is 131 cm³/mol. The lowest BCUT2D eigenvalue weighted by atomic mass is 9.82. The highest BCUT2D eigenvalue weighted by Gasteiger charge is 2.37. The zero-order valence-corrected chi connectivity index (χ0v) is 20.0. The van der Waals surface area contributed by atoms with E-state index >= 15 is 0 Å². The van der Waals surface area contributed by atoms with Gasteiger partial charge >= 0.3 is 11.7 Å². The van der Waals surface area contributed by atoms with Crippen molar-refractivity contribution in [2.24, 2.45) is 14.1 Å². The summed E-state index contributed by atoms with van der Waals surface area (Å²) in [6, 6.07) is 13.9. The van der Waals surface area contributed by atoms with E-state index in [1.807, 2.05) is 30.3 Å². The Hall–Kier alpha value is -4.27. The molecule has 1 atom stereocenters. The number of ether oxygens (including phenoxy) is 2. The maximum atomic E-state index is 13.4. The molecular weight excluding hydrogens is 450 g/mol. The van der Waals surface area contributed by atoms with Crippen molar-refractivity contribution in [3.8, 4) is 11.5 Å². The second-order valence-corrected chi connectivity index (χ2v) is 8.29. The second kappa shape index (κ2) is 9.54. The van der Waals surface area contributed by atoms with Crippen molar-refractivity contribution in [2.45, 2.75) is 26.4 Å². The summed E-state index contributed by atoms with van der Waals surface area (Å²) in [7, 11) is 2.95. The highest BCUT2D eigenvalue weighted by molar-refractivity contribution is 5.94. The van der Waals surface area contributed by atoms with Gasteiger partial charge < -0.3 is 19.9 Å². The van der Waals surface area contributed by atoms with Crippen molar-refractivity contribution < 1.29 is 19.4 Å². The van der Waals surface area contributed by atoms with Crippen LogP contribution in [0.15, 0.2) is 69.4 Å². The minimum atomic E-state index is -0.861. The van der Waals surface area contributed by atoms with Gasteiger partial charge in [0.1, 0.15) is 12.4 Å². The summed E-state index contributed by atoms with van der Waals surface area (Å²) < 4.78 is 13.5. The van der Waals surface area contributed by atoms with Gasteiger partial charge in [-0.2, -0.15) is 0 Å². The average Bonchev–Trinajstić information content (AvgIpc) is 2.86. The van der Waals surface area contributed by atoms with Gasteiger partial charge in [0.05, 0.1) is 23.7 Å². The van der Waals surface area contributed by atoms with Gasteiger partial charge in [0.2, 0.25) is 0 Å². The van der Waals surface area contributed by atoms with Crippen LogP contribution in [0.1, 0.15) is 36.5 Å². The lowest BCUT2D eigenvalue weighted by molar-refractivity contribution is -0.140. The number of nitrogens with zero attached hydrogens (tertiary/aromatic N) is 2. The Labute approximate surface area is 201 Å². The van der Waals surface area contributed by atoms with Crippen molar-refractivity contribution in [1.29, 1.82) is 0 Å². The molecule has 1 aliphatic heterocycles. The van der Waals surface area contributed by atoms with Crippen molar-refractivity contribution in [1.82, 2.24) is 9.13 Å². The fourth-order valence-corrected chi connectivity index (χ4v) is 4.27. The van der Waals surface area contributed by atoms with Crippen LogP contribution in [0.5, 0.6) is 11.5 Å². The molecule has 9 heteroatoms. The van der Waals surface area contributed by atoms with Crippen LogP contribution in [-0.2, 0) is 30.2 Å². The smallest absolute Gasteiger partial charge is 0.337 e. The highest BCUT2D eigenvalue weighted by atomic mass is 16.5. The molecule has 1 aromatic heterocycles. The van der Waals surface area contributed by atoms with Gasteiger partial charge in [0, 0.05) is 19.8 Å². The summed E-state index contributed by atoms with van der Waals surface area (Å²) in [5.74, 6) is -1.00. The standard InChI is InChI=1S/C26H27N3O6/c1-5-34-19-13-17(11-12-18(19)30)21-20(25(32)35-14-16-9-7-6-8-10-16)15(2)27-23-22(21)24(31)29(4)26(33)28(23)3/h6-13,21,27,30H,5,14H2,1-4H3. The molecule has 4 rings (SSSR count). The first-order chi connectivity index (χ1) is 16.7. The second-order valence-electron chi connectivity index (χ2n) is 8.29. The average molecular weight is 478 g/mol. The van der Waals surface area contributed by atoms with Gasteiger partial charge in [-0.1, -0.05) is 36.4 Å². The predicted octanol–water partition coefficient (Wildman–Crippen LogP) is 2.76. The minimum Gasteiger partial charge on any atom is -0.504 e. The third kappa shape index (κ3) is 4.32. The molecule has 0 aliphatic carbocycles. The van der Waals surface area contributed by atoms with E-state index < -0.39 is 23.1 Å². The summed E-state index contributed by atoms with van der Waals surface area (Å²) in [5, 5.41) is 13.3. The number of esters is 1. The molecule has 0 spiro atoms. The van der Waals surface area contributed by atoms with Gasteiger partial charge in [0.25, 0.3) is 5.56 Å². The number of carbonyl (C=O) groups is 1. The first kappa shape index (κ1) is 23.9. The van der Waals surface area contributed by atoms with Gasteiger partial charge in [0.15, 0.2) is 11.5 Å². The SMILES string of the molecule is CCOc1cc(C2C(C(=O)OCc3ccccc3)=C(C)Nc3c2c(=O)n(C)c(=O)n3C)ccc1O. The quantitative estimate of drug-likeness (QED) is 0.525. The first-order valence-electron chi connectivity index (χ1n) is 11.2. The van der Waals surface area contributed by atoms with Gasteiger partial charge in [-0.3, -0.25) is 13.9 Å². The minimum absolute atomic E-state index is 0.0566. The van der Waals surface area contributed by atoms with E-state index in [9.17, 15) is 19.5 Å². The Morgan fingerprint density at radius 3 is 2.49 bits per heavy atom. The Balaban J connectivity index is 1.89. The molecule has 2 heterocycles. The summed E-state index contributed by atoms with van der Waals surface area (Å²) in [6.45, 7) is 3.85. The number of aromatic nitrogens is 2. The number of carbonyl (C=O) groups excluding carboxylic acids is 1. The number of phenols is 1. The summed E-state index contributed by atoms with van der Waals surface area (Å²) >= 11 is 0. The number of anilines is 1. The monoisotopic (exact) mass is 477 g/mol. The molecule has 1 aliphatic rings. The lowest BCUT2D eigenvalue weighted by Gasteiger charge is -2.31. The van der Waals surface area contributed by atoms with E-state index in [0.717, 1.165) is 10.1 Å². The number of hydrogen-bond acceptors (Lipinski definition) is 7. The number of aromatic hydroxyl groups is 1. The summed E-state index contributed by atoms with van der Waals surface area (Å²) in [4.78, 5) is 39.4. The Morgan fingerprint density at radius 1 is 1.09 bits per heavy atom. The molecule has 0 saturated heterocycles. The molecule has 1 unspecified atom stereocenters. The fourth-order valence-electron chi connectivity index (χ4n) is 4.27.